The number of aromatic nitrogens is 3. The Balaban J connectivity index is 1.20. The van der Waals surface area contributed by atoms with Crippen LogP contribution in [-0.4, -0.2) is 37.5 Å². The minimum absolute atomic E-state index is 0.0469. The van der Waals surface area contributed by atoms with E-state index in [-0.39, 0.29) is 34.9 Å². The molecular weight excluding hydrogens is 533 g/mol. The third-order valence-corrected chi connectivity index (χ3v) is 8.28. The first-order valence-corrected chi connectivity index (χ1v) is 14.3. The van der Waals surface area contributed by atoms with E-state index in [0.717, 1.165) is 30.5 Å². The van der Waals surface area contributed by atoms with Crippen LogP contribution in [0.2, 0.25) is 0 Å². The quantitative estimate of drug-likeness (QED) is 0.258. The van der Waals surface area contributed by atoms with Crippen LogP contribution in [0, 0.1) is 11.7 Å². The maximum Gasteiger partial charge on any atom is 0.259 e. The summed E-state index contributed by atoms with van der Waals surface area (Å²) >= 11 is 0. The molecule has 2 aromatic carbocycles. The monoisotopic (exact) mass is 565 g/mol. The second-order valence-corrected chi connectivity index (χ2v) is 11.0. The molecule has 1 saturated carbocycles. The number of amides is 1. The number of carbonyl (C=O) groups is 2. The van der Waals surface area contributed by atoms with Crippen molar-refractivity contribution in [3.8, 4) is 11.1 Å². The van der Waals surface area contributed by atoms with E-state index in [9.17, 15) is 14.7 Å². The number of nitrogen functional groups attached to an aromatic ring is 1. The Hall–Kier alpha value is -4.63. The molecule has 6 rings (SSSR count). The fraction of sp³-hybridized carbons (Fsp3) is 0.273. The summed E-state index contributed by atoms with van der Waals surface area (Å²) < 4.78 is 17.3. The number of fused-ring (bicyclic) bond motifs is 1. The van der Waals surface area contributed by atoms with Crippen LogP contribution in [0.5, 0.6) is 0 Å². The summed E-state index contributed by atoms with van der Waals surface area (Å²) in [4.78, 5) is 30.3. The number of nitrogens with zero attached hydrogens (tertiary/aromatic N) is 3. The number of halogens is 1. The Morgan fingerprint density at radius 2 is 1.86 bits per heavy atom. The number of ketones is 1. The molecule has 8 nitrogen and oxygen atoms in total. The Morgan fingerprint density at radius 3 is 2.62 bits per heavy atom. The number of aryl methyl sites for hydroxylation is 1. The molecule has 1 fully saturated rings. The van der Waals surface area contributed by atoms with Gasteiger partial charge in [0.05, 0.1) is 11.7 Å². The second-order valence-electron chi connectivity index (χ2n) is 11.0. The molecule has 1 atom stereocenters. The van der Waals surface area contributed by atoms with Gasteiger partial charge < -0.3 is 16.2 Å². The van der Waals surface area contributed by atoms with Crippen LogP contribution in [0.15, 0.2) is 84.7 Å². The van der Waals surface area contributed by atoms with Gasteiger partial charge in [-0.2, -0.15) is 5.10 Å². The van der Waals surface area contributed by atoms with Crippen molar-refractivity contribution in [1.29, 1.82) is 0 Å². The van der Waals surface area contributed by atoms with Crippen LogP contribution in [-0.2, 0) is 16.0 Å². The average Bonchev–Trinajstić information content (AvgIpc) is 3.38. The summed E-state index contributed by atoms with van der Waals surface area (Å²) in [6.45, 7) is 0. The van der Waals surface area contributed by atoms with E-state index in [2.05, 4.69) is 15.4 Å². The number of aliphatic hydroxyl groups is 1. The molecule has 0 radical (unpaired) electrons. The van der Waals surface area contributed by atoms with Crippen LogP contribution in [0.25, 0.3) is 16.6 Å². The predicted molar refractivity (Wildman–Crippen MR) is 159 cm³/mol. The molecule has 9 heteroatoms. The van der Waals surface area contributed by atoms with Crippen LogP contribution in [0.1, 0.15) is 49.3 Å². The van der Waals surface area contributed by atoms with E-state index in [1.54, 1.807) is 22.7 Å². The fourth-order valence-corrected chi connectivity index (χ4v) is 6.01. The molecule has 1 amide bonds. The number of hydrogen-bond donors (Lipinski definition) is 3. The van der Waals surface area contributed by atoms with Gasteiger partial charge in [0.15, 0.2) is 11.6 Å². The van der Waals surface area contributed by atoms with Crippen molar-refractivity contribution in [3.63, 3.8) is 0 Å². The van der Waals surface area contributed by atoms with Gasteiger partial charge in [-0.3, -0.25) is 9.59 Å². The van der Waals surface area contributed by atoms with Gasteiger partial charge in [0, 0.05) is 34.3 Å². The molecular formula is C33H32FN5O3. The number of carbonyl (C=O) groups excluding carboxylic acids is 2. The molecule has 1 unspecified atom stereocenters. The van der Waals surface area contributed by atoms with Crippen LogP contribution in [0.3, 0.4) is 0 Å². The number of nitrogens with one attached hydrogen (secondary N) is 1. The molecule has 0 saturated heterocycles. The Labute approximate surface area is 242 Å². The van der Waals surface area contributed by atoms with E-state index >= 15 is 4.39 Å². The summed E-state index contributed by atoms with van der Waals surface area (Å²) in [6.07, 6.45) is 10.4. The molecule has 2 heterocycles. The molecule has 2 aliphatic carbocycles. The van der Waals surface area contributed by atoms with Crippen molar-refractivity contribution in [1.82, 2.24) is 14.6 Å². The summed E-state index contributed by atoms with van der Waals surface area (Å²) in [6, 6.07) is 16.2. The number of Topliss-reactive ketones (excluding diaryl/α,β-unsaturated/α-hetero) is 1. The maximum atomic E-state index is 15.6. The van der Waals surface area contributed by atoms with Crippen LogP contribution < -0.4 is 11.1 Å². The highest BCUT2D eigenvalue weighted by molar-refractivity contribution is 6.25. The summed E-state index contributed by atoms with van der Waals surface area (Å²) in [5, 5.41) is 17.0. The fourth-order valence-electron chi connectivity index (χ4n) is 6.01. The zero-order valence-corrected chi connectivity index (χ0v) is 23.0. The number of allylic oxidation sites excluding steroid dienone is 3. The molecule has 4 N–H and O–H groups in total. The van der Waals surface area contributed by atoms with Crippen molar-refractivity contribution < 1.29 is 19.1 Å². The molecule has 0 bridgehead atoms. The van der Waals surface area contributed by atoms with Crippen molar-refractivity contribution in [2.75, 3.05) is 11.1 Å². The second kappa shape index (κ2) is 11.7. The number of hydrogen-bond acceptors (Lipinski definition) is 6. The Kier molecular flexibility index (Phi) is 7.67. The lowest BCUT2D eigenvalue weighted by atomic mass is 9.85. The SMILES string of the molecule is Nc1ncnn2c(C3CCC(O)CC3)cc(-c3ccc(NC(=O)C4=CC=CC(CCc5ccccc5)C4=O)cc3F)c12. The lowest BCUT2D eigenvalue weighted by Crippen LogP contribution is -2.27. The standard InChI is InChI=1S/C33H32FN5O3/c34-28-17-23(38-33(42)26-8-4-7-22(31(26)41)10-9-20-5-2-1-3-6-20)13-16-25(28)27-18-29(21-11-14-24(40)15-12-21)39-30(27)32(35)36-19-37-39/h1-8,13,16-19,21-22,24,40H,9-12,14-15H2,(H,38,42)(H2,35,36,37). The van der Waals surface area contributed by atoms with Gasteiger partial charge in [0.1, 0.15) is 17.7 Å². The van der Waals surface area contributed by atoms with Gasteiger partial charge in [-0.05, 0) is 74.4 Å². The molecule has 2 aliphatic rings. The summed E-state index contributed by atoms with van der Waals surface area (Å²) in [5.41, 5.74) is 9.91. The van der Waals surface area contributed by atoms with Gasteiger partial charge in [-0.15, -0.1) is 0 Å². The van der Waals surface area contributed by atoms with E-state index < -0.39 is 17.6 Å². The third-order valence-electron chi connectivity index (χ3n) is 8.28. The first-order valence-electron chi connectivity index (χ1n) is 14.3. The Bertz CT molecular complexity index is 1700. The predicted octanol–water partition coefficient (Wildman–Crippen LogP) is 5.39. The number of benzene rings is 2. The van der Waals surface area contributed by atoms with Crippen LogP contribution in [0.4, 0.5) is 15.9 Å². The summed E-state index contributed by atoms with van der Waals surface area (Å²) in [5.74, 6) is -1.39. The number of aliphatic hydroxyl groups excluding tert-OH is 1. The van der Waals surface area contributed by atoms with E-state index in [0.29, 0.717) is 35.9 Å². The molecule has 4 aromatic rings. The minimum atomic E-state index is -0.574. The van der Waals surface area contributed by atoms with E-state index in [1.165, 1.54) is 18.5 Å². The van der Waals surface area contributed by atoms with Gasteiger partial charge in [-0.25, -0.2) is 13.9 Å². The molecule has 42 heavy (non-hydrogen) atoms. The smallest absolute Gasteiger partial charge is 0.259 e. The van der Waals surface area contributed by atoms with Crippen molar-refractivity contribution >= 4 is 28.7 Å². The maximum absolute atomic E-state index is 15.6. The zero-order chi connectivity index (χ0) is 29.2. The number of nitrogens with two attached hydrogens (primary N) is 1. The zero-order valence-electron chi connectivity index (χ0n) is 23.0. The van der Waals surface area contributed by atoms with Crippen molar-refractivity contribution in [2.45, 2.75) is 50.5 Å². The number of anilines is 2. The summed E-state index contributed by atoms with van der Waals surface area (Å²) in [7, 11) is 0. The Morgan fingerprint density at radius 1 is 1.07 bits per heavy atom. The van der Waals surface area contributed by atoms with Gasteiger partial charge in [-0.1, -0.05) is 42.5 Å². The number of rotatable bonds is 7. The normalized spacial score (nSPS) is 20.5. The third kappa shape index (κ3) is 5.47. The highest BCUT2D eigenvalue weighted by Gasteiger charge is 2.28. The lowest BCUT2D eigenvalue weighted by Gasteiger charge is -2.24. The van der Waals surface area contributed by atoms with E-state index in [4.69, 9.17) is 5.73 Å². The van der Waals surface area contributed by atoms with Gasteiger partial charge >= 0.3 is 0 Å². The first kappa shape index (κ1) is 27.5. The first-order chi connectivity index (χ1) is 20.4. The largest absolute Gasteiger partial charge is 0.393 e. The van der Waals surface area contributed by atoms with Crippen LogP contribution >= 0.6 is 0 Å². The topological polar surface area (TPSA) is 123 Å². The van der Waals surface area contributed by atoms with Crippen molar-refractivity contribution in [3.05, 3.63) is 102 Å². The van der Waals surface area contributed by atoms with Gasteiger partial charge in [0.2, 0.25) is 0 Å². The molecule has 2 aromatic heterocycles. The highest BCUT2D eigenvalue weighted by Crippen LogP contribution is 2.39. The average molecular weight is 566 g/mol. The van der Waals surface area contributed by atoms with Gasteiger partial charge in [0.25, 0.3) is 5.91 Å². The highest BCUT2D eigenvalue weighted by atomic mass is 19.1. The minimum Gasteiger partial charge on any atom is -0.393 e. The lowest BCUT2D eigenvalue weighted by molar-refractivity contribution is -0.122. The molecule has 0 spiro atoms. The van der Waals surface area contributed by atoms with Crippen molar-refractivity contribution in [2.24, 2.45) is 5.92 Å². The molecule has 0 aliphatic heterocycles. The molecule has 214 valence electrons. The van der Waals surface area contributed by atoms with E-state index in [1.807, 2.05) is 42.5 Å².